The van der Waals surface area contributed by atoms with Crippen LogP contribution in [0.2, 0.25) is 0 Å². The highest BCUT2D eigenvalue weighted by Gasteiger charge is 2.35. The molecule has 156 valence electrons. The average molecular weight is 398 g/mol. The number of amides is 2. The molecule has 0 fully saturated rings. The topological polar surface area (TPSA) is 65.8 Å². The molecule has 2 atom stereocenters. The molecule has 6 heteroatoms. The summed E-state index contributed by atoms with van der Waals surface area (Å²) in [6.07, 6.45) is 3.60. The van der Waals surface area contributed by atoms with Gasteiger partial charge in [-0.1, -0.05) is 19.9 Å². The van der Waals surface area contributed by atoms with Gasteiger partial charge in [0, 0.05) is 20.0 Å². The highest BCUT2D eigenvalue weighted by Crippen LogP contribution is 2.39. The first-order valence-electron chi connectivity index (χ1n) is 10.5. The molecule has 2 amide bonds. The second kappa shape index (κ2) is 9.27. The molecule has 2 heterocycles. The van der Waals surface area contributed by atoms with Crippen molar-refractivity contribution in [2.24, 2.45) is 0 Å². The molecule has 0 saturated heterocycles. The maximum Gasteiger partial charge on any atom is 0.294 e. The Hall–Kier alpha value is -2.60. The number of nitrogens with one attached hydrogen (secondary N) is 1. The molecule has 1 unspecified atom stereocenters. The van der Waals surface area contributed by atoms with Crippen molar-refractivity contribution in [2.75, 3.05) is 29.4 Å². The van der Waals surface area contributed by atoms with Crippen molar-refractivity contribution < 1.29 is 14.0 Å². The quantitative estimate of drug-likeness (QED) is 0.712. The fourth-order valence-corrected chi connectivity index (χ4v) is 4.05. The summed E-state index contributed by atoms with van der Waals surface area (Å²) in [5.74, 6) is 0.452. The first-order chi connectivity index (χ1) is 14.0. The van der Waals surface area contributed by atoms with Crippen LogP contribution in [0.15, 0.2) is 41.0 Å². The summed E-state index contributed by atoms with van der Waals surface area (Å²) in [5, 5.41) is 3.49. The number of fused-ring (bicyclic) bond motifs is 1. The van der Waals surface area contributed by atoms with Crippen LogP contribution in [0.4, 0.5) is 11.4 Å². The third-order valence-electron chi connectivity index (χ3n) is 5.54. The molecular formula is C23H31N3O3. The van der Waals surface area contributed by atoms with Crippen molar-refractivity contribution >= 4 is 23.2 Å². The summed E-state index contributed by atoms with van der Waals surface area (Å²) in [6, 6.07) is 9.42. The summed E-state index contributed by atoms with van der Waals surface area (Å²) in [4.78, 5) is 29.0. The highest BCUT2D eigenvalue weighted by molar-refractivity contribution is 6.09. The van der Waals surface area contributed by atoms with Crippen molar-refractivity contribution in [3.8, 4) is 0 Å². The van der Waals surface area contributed by atoms with Crippen molar-refractivity contribution in [1.82, 2.24) is 5.32 Å². The standard InChI is InChI=1S/C23H31N3O3/c1-5-11-24-14-18(6-2)19-9-10-20-21(13-19)25(15-16(3)26(20)17(4)27)23(28)22-8-7-12-29-22/h7-10,12-13,16,18,24H,5-6,11,14-15H2,1-4H3/t16-,18?/m0/s1. The lowest BCUT2D eigenvalue weighted by molar-refractivity contribution is -0.117. The number of benzene rings is 1. The molecule has 1 aromatic heterocycles. The SMILES string of the molecule is CCCNCC(CC)c1ccc2c(c1)N(C(=O)c1ccco1)C[C@H](C)N2C(C)=O. The third-order valence-corrected chi connectivity index (χ3v) is 5.54. The van der Waals surface area contributed by atoms with Gasteiger partial charge < -0.3 is 19.5 Å². The maximum absolute atomic E-state index is 13.1. The zero-order chi connectivity index (χ0) is 21.0. The molecule has 1 aliphatic rings. The van der Waals surface area contributed by atoms with Gasteiger partial charge in [-0.25, -0.2) is 0 Å². The van der Waals surface area contributed by atoms with E-state index in [-0.39, 0.29) is 17.9 Å². The Morgan fingerprint density at radius 2 is 2.03 bits per heavy atom. The van der Waals surface area contributed by atoms with Gasteiger partial charge in [0.05, 0.1) is 23.7 Å². The first-order valence-corrected chi connectivity index (χ1v) is 10.5. The Labute approximate surface area is 172 Å². The van der Waals surface area contributed by atoms with E-state index in [1.54, 1.807) is 28.9 Å². The second-order valence-corrected chi connectivity index (χ2v) is 7.69. The Kier molecular flexibility index (Phi) is 6.75. The minimum Gasteiger partial charge on any atom is -0.459 e. The van der Waals surface area contributed by atoms with Gasteiger partial charge in [0.25, 0.3) is 5.91 Å². The Bertz CT molecular complexity index is 847. The molecule has 0 bridgehead atoms. The highest BCUT2D eigenvalue weighted by atomic mass is 16.3. The molecule has 1 N–H and O–H groups in total. The molecule has 29 heavy (non-hydrogen) atoms. The largest absolute Gasteiger partial charge is 0.459 e. The first kappa shape index (κ1) is 21.1. The summed E-state index contributed by atoms with van der Waals surface area (Å²) in [5.41, 5.74) is 2.72. The van der Waals surface area contributed by atoms with Gasteiger partial charge in [0.1, 0.15) is 0 Å². The lowest BCUT2D eigenvalue weighted by Gasteiger charge is -2.41. The van der Waals surface area contributed by atoms with E-state index >= 15 is 0 Å². The number of rotatable bonds is 7. The molecule has 0 aliphatic carbocycles. The maximum atomic E-state index is 13.1. The summed E-state index contributed by atoms with van der Waals surface area (Å²) in [7, 11) is 0. The molecule has 0 saturated carbocycles. The van der Waals surface area contributed by atoms with Crippen LogP contribution in [0.25, 0.3) is 0 Å². The van der Waals surface area contributed by atoms with E-state index < -0.39 is 0 Å². The predicted molar refractivity (Wildman–Crippen MR) is 116 cm³/mol. The van der Waals surface area contributed by atoms with Crippen LogP contribution in [0.3, 0.4) is 0 Å². The Morgan fingerprint density at radius 3 is 2.66 bits per heavy atom. The molecule has 6 nitrogen and oxygen atoms in total. The summed E-state index contributed by atoms with van der Waals surface area (Å²) in [6.45, 7) is 10.2. The lowest BCUT2D eigenvalue weighted by Crippen LogP contribution is -2.51. The Morgan fingerprint density at radius 1 is 1.24 bits per heavy atom. The van der Waals surface area contributed by atoms with Gasteiger partial charge in [-0.15, -0.1) is 0 Å². The molecule has 3 rings (SSSR count). The minimum absolute atomic E-state index is 0.0201. The van der Waals surface area contributed by atoms with Crippen LogP contribution in [0.5, 0.6) is 0 Å². The van der Waals surface area contributed by atoms with E-state index in [0.717, 1.165) is 37.3 Å². The molecule has 0 radical (unpaired) electrons. The second-order valence-electron chi connectivity index (χ2n) is 7.69. The Balaban J connectivity index is 2.01. The van der Waals surface area contributed by atoms with E-state index in [0.29, 0.717) is 18.2 Å². The van der Waals surface area contributed by atoms with Crippen LogP contribution in [0.1, 0.15) is 62.6 Å². The van der Waals surface area contributed by atoms with Gasteiger partial charge >= 0.3 is 0 Å². The van der Waals surface area contributed by atoms with Gasteiger partial charge in [0.2, 0.25) is 5.91 Å². The van der Waals surface area contributed by atoms with Crippen LogP contribution >= 0.6 is 0 Å². The minimum atomic E-state index is -0.180. The number of carbonyl (C=O) groups is 2. The summed E-state index contributed by atoms with van der Waals surface area (Å²) >= 11 is 0. The molecular weight excluding hydrogens is 366 g/mol. The van der Waals surface area contributed by atoms with Crippen molar-refractivity contribution in [3.63, 3.8) is 0 Å². The van der Waals surface area contributed by atoms with Gasteiger partial charge in [0.15, 0.2) is 5.76 Å². The van der Waals surface area contributed by atoms with E-state index in [4.69, 9.17) is 4.42 Å². The average Bonchev–Trinajstić information content (AvgIpc) is 3.24. The van der Waals surface area contributed by atoms with Crippen LogP contribution < -0.4 is 15.1 Å². The van der Waals surface area contributed by atoms with Gasteiger partial charge in [-0.2, -0.15) is 0 Å². The van der Waals surface area contributed by atoms with E-state index in [2.05, 4.69) is 31.3 Å². The molecule has 0 spiro atoms. The summed E-state index contributed by atoms with van der Waals surface area (Å²) < 4.78 is 5.36. The number of hydrogen-bond acceptors (Lipinski definition) is 4. The zero-order valence-electron chi connectivity index (χ0n) is 17.8. The fraction of sp³-hybridized carbons (Fsp3) is 0.478. The fourth-order valence-electron chi connectivity index (χ4n) is 4.05. The smallest absolute Gasteiger partial charge is 0.294 e. The number of hydrogen-bond donors (Lipinski definition) is 1. The monoisotopic (exact) mass is 397 g/mol. The number of carbonyl (C=O) groups excluding carboxylic acids is 2. The molecule has 2 aromatic rings. The third kappa shape index (κ3) is 4.37. The lowest BCUT2D eigenvalue weighted by atomic mass is 9.94. The number of nitrogens with zero attached hydrogens (tertiary/aromatic N) is 2. The van der Waals surface area contributed by atoms with Crippen molar-refractivity contribution in [1.29, 1.82) is 0 Å². The van der Waals surface area contributed by atoms with Crippen molar-refractivity contribution in [2.45, 2.75) is 52.5 Å². The van der Waals surface area contributed by atoms with Crippen LogP contribution in [-0.2, 0) is 4.79 Å². The van der Waals surface area contributed by atoms with Crippen LogP contribution in [-0.4, -0.2) is 37.5 Å². The normalized spacial score (nSPS) is 17.2. The van der Waals surface area contributed by atoms with E-state index in [9.17, 15) is 9.59 Å². The van der Waals surface area contributed by atoms with Crippen LogP contribution in [0, 0.1) is 0 Å². The number of anilines is 2. The molecule has 1 aromatic carbocycles. The molecule has 1 aliphatic heterocycles. The van der Waals surface area contributed by atoms with Gasteiger partial charge in [-0.05, 0) is 62.1 Å². The number of furan rings is 1. The van der Waals surface area contributed by atoms with Crippen molar-refractivity contribution in [3.05, 3.63) is 47.9 Å². The predicted octanol–water partition coefficient (Wildman–Crippen LogP) is 4.17. The zero-order valence-corrected chi connectivity index (χ0v) is 17.8. The van der Waals surface area contributed by atoms with Gasteiger partial charge in [-0.3, -0.25) is 9.59 Å². The van der Waals surface area contributed by atoms with E-state index in [1.165, 1.54) is 11.8 Å². The van der Waals surface area contributed by atoms with E-state index in [1.807, 2.05) is 13.0 Å².